The molecule has 30 heavy (non-hydrogen) atoms. The van der Waals surface area contributed by atoms with Gasteiger partial charge in [0.15, 0.2) is 0 Å². The van der Waals surface area contributed by atoms with E-state index in [1.807, 2.05) is 0 Å². The molecule has 4 N–H and O–H groups in total. The maximum Gasteiger partial charge on any atom is 0.0105 e. The van der Waals surface area contributed by atoms with E-state index in [1.165, 1.54) is 89.9 Å². The number of hydrogen-bond acceptors (Lipinski definition) is 2. The van der Waals surface area contributed by atoms with Crippen LogP contribution in [0.3, 0.4) is 0 Å². The highest BCUT2D eigenvalue weighted by molar-refractivity contribution is 5.02. The Morgan fingerprint density at radius 2 is 1.03 bits per heavy atom. The Hall–Kier alpha value is -0.340. The van der Waals surface area contributed by atoms with Crippen molar-refractivity contribution in [2.45, 2.75) is 143 Å². The monoisotopic (exact) mass is 421 g/mol. The molecule has 0 aromatic rings. The van der Waals surface area contributed by atoms with Gasteiger partial charge in [-0.1, -0.05) is 124 Å². The first-order chi connectivity index (χ1) is 14.5. The molecule has 5 unspecified atom stereocenters. The Balaban J connectivity index is 5.03. The lowest BCUT2D eigenvalue weighted by Gasteiger charge is -2.36. The summed E-state index contributed by atoms with van der Waals surface area (Å²) >= 11 is 0. The van der Waals surface area contributed by atoms with Crippen LogP contribution in [0.15, 0.2) is 12.7 Å². The van der Waals surface area contributed by atoms with E-state index >= 15 is 0 Å². The molecule has 0 bridgehead atoms. The molecule has 0 heterocycles. The van der Waals surface area contributed by atoms with Crippen LogP contribution in [-0.2, 0) is 0 Å². The first kappa shape index (κ1) is 29.7. The first-order valence-corrected chi connectivity index (χ1v) is 13.5. The maximum atomic E-state index is 6.84. The Bertz CT molecular complexity index is 368. The van der Waals surface area contributed by atoms with Gasteiger partial charge in [-0.15, -0.1) is 6.58 Å². The van der Waals surface area contributed by atoms with Gasteiger partial charge in [0.05, 0.1) is 0 Å². The van der Waals surface area contributed by atoms with Gasteiger partial charge in [0.25, 0.3) is 0 Å². The summed E-state index contributed by atoms with van der Waals surface area (Å²) in [5.74, 6) is 1.32. The van der Waals surface area contributed by atoms with E-state index in [9.17, 15) is 0 Å². The summed E-state index contributed by atoms with van der Waals surface area (Å²) in [6.45, 7) is 13.4. The van der Waals surface area contributed by atoms with E-state index in [0.717, 1.165) is 12.8 Å². The lowest BCUT2D eigenvalue weighted by Crippen LogP contribution is -2.43. The van der Waals surface area contributed by atoms with Crippen LogP contribution in [0.1, 0.15) is 130 Å². The molecular weight excluding hydrogens is 364 g/mol. The average molecular weight is 422 g/mol. The lowest BCUT2D eigenvalue weighted by atomic mass is 9.73. The summed E-state index contributed by atoms with van der Waals surface area (Å²) in [6, 6.07) is 0.385. The molecule has 0 aliphatic carbocycles. The van der Waals surface area contributed by atoms with Crippen LogP contribution < -0.4 is 11.5 Å². The minimum Gasteiger partial charge on any atom is -0.327 e. The second-order valence-electron chi connectivity index (χ2n) is 9.63. The molecule has 0 fully saturated rings. The molecule has 0 saturated heterocycles. The molecule has 0 aliphatic rings. The summed E-state index contributed by atoms with van der Waals surface area (Å²) in [5.41, 5.74) is 13.6. The smallest absolute Gasteiger partial charge is 0.0105 e. The van der Waals surface area contributed by atoms with Crippen molar-refractivity contribution in [1.29, 1.82) is 0 Å². The standard InChI is InChI=1S/C28H57N2/c1-6-11-14-17-20-24(9-4)23-26(28(30)22-19-16-13-8-3)25(10-5)27(29)21-18-15-12-7-2/h10,23-28H,5-9,11-22,29-30H2,1-4H3. The van der Waals surface area contributed by atoms with Crippen molar-refractivity contribution in [1.82, 2.24) is 0 Å². The van der Waals surface area contributed by atoms with E-state index < -0.39 is 0 Å². The molecule has 0 aromatic heterocycles. The number of hydrogen-bond donors (Lipinski definition) is 2. The third kappa shape index (κ3) is 13.9. The summed E-state index contributed by atoms with van der Waals surface area (Å²) < 4.78 is 0. The van der Waals surface area contributed by atoms with Crippen LogP contribution in [0.25, 0.3) is 0 Å². The molecule has 179 valence electrons. The van der Waals surface area contributed by atoms with Crippen LogP contribution in [0.5, 0.6) is 0 Å². The fraction of sp³-hybridized carbons (Fsp3) is 0.893. The van der Waals surface area contributed by atoms with Crippen molar-refractivity contribution < 1.29 is 0 Å². The Morgan fingerprint density at radius 3 is 1.43 bits per heavy atom. The zero-order chi connectivity index (χ0) is 22.6. The normalized spacial score (nSPS) is 16.7. The molecule has 1 radical (unpaired) electrons. The van der Waals surface area contributed by atoms with E-state index in [2.05, 4.69) is 46.8 Å². The fourth-order valence-corrected chi connectivity index (χ4v) is 4.76. The number of rotatable bonds is 22. The van der Waals surface area contributed by atoms with E-state index in [-0.39, 0.29) is 12.1 Å². The SMILES string of the molecule is C=CC(C(N)CCCCCC)C([CH]C(CC)CCCCCC)C(N)CCCCCC. The van der Waals surface area contributed by atoms with Crippen molar-refractivity contribution in [3.63, 3.8) is 0 Å². The summed E-state index contributed by atoms with van der Waals surface area (Å²) in [5, 5.41) is 0. The van der Waals surface area contributed by atoms with Crippen molar-refractivity contribution in [3.8, 4) is 0 Å². The largest absolute Gasteiger partial charge is 0.327 e. The van der Waals surface area contributed by atoms with E-state index in [0.29, 0.717) is 17.8 Å². The average Bonchev–Trinajstić information content (AvgIpc) is 2.75. The van der Waals surface area contributed by atoms with Gasteiger partial charge in [-0.25, -0.2) is 0 Å². The second kappa shape index (κ2) is 20.6. The summed E-state index contributed by atoms with van der Waals surface area (Å²) in [4.78, 5) is 0. The van der Waals surface area contributed by atoms with Gasteiger partial charge in [0, 0.05) is 12.1 Å². The zero-order valence-electron chi connectivity index (χ0n) is 21.2. The Kier molecular flexibility index (Phi) is 20.3. The van der Waals surface area contributed by atoms with E-state index in [4.69, 9.17) is 11.5 Å². The van der Waals surface area contributed by atoms with Crippen LogP contribution >= 0.6 is 0 Å². The number of nitrogens with two attached hydrogens (primary N) is 2. The second-order valence-corrected chi connectivity index (χ2v) is 9.63. The first-order valence-electron chi connectivity index (χ1n) is 13.5. The molecule has 0 saturated carbocycles. The van der Waals surface area contributed by atoms with Crippen molar-refractivity contribution in [3.05, 3.63) is 19.1 Å². The van der Waals surface area contributed by atoms with Gasteiger partial charge >= 0.3 is 0 Å². The highest BCUT2D eigenvalue weighted by Gasteiger charge is 2.31. The van der Waals surface area contributed by atoms with Gasteiger partial charge in [-0.3, -0.25) is 0 Å². The van der Waals surface area contributed by atoms with E-state index in [1.54, 1.807) is 0 Å². The van der Waals surface area contributed by atoms with Crippen LogP contribution in [-0.4, -0.2) is 12.1 Å². The molecule has 2 heteroatoms. The summed E-state index contributed by atoms with van der Waals surface area (Å²) in [7, 11) is 0. The van der Waals surface area contributed by atoms with Gasteiger partial charge in [-0.05, 0) is 37.0 Å². The minimum atomic E-state index is 0.180. The topological polar surface area (TPSA) is 52.0 Å². The third-order valence-electron chi connectivity index (χ3n) is 6.93. The zero-order valence-corrected chi connectivity index (χ0v) is 21.2. The predicted molar refractivity (Wildman–Crippen MR) is 137 cm³/mol. The molecular formula is C28H57N2. The third-order valence-corrected chi connectivity index (χ3v) is 6.93. The molecule has 5 atom stereocenters. The van der Waals surface area contributed by atoms with Crippen molar-refractivity contribution in [2.75, 3.05) is 0 Å². The molecule has 0 aliphatic heterocycles. The van der Waals surface area contributed by atoms with Crippen LogP contribution in [0.4, 0.5) is 0 Å². The quantitative estimate of drug-likeness (QED) is 0.137. The number of unbranched alkanes of at least 4 members (excludes halogenated alkanes) is 9. The Labute approximate surface area is 191 Å². The van der Waals surface area contributed by atoms with Gasteiger partial charge < -0.3 is 11.5 Å². The molecule has 2 nitrogen and oxygen atoms in total. The molecule has 0 amide bonds. The molecule has 0 spiro atoms. The molecule has 0 aromatic carbocycles. The fourth-order valence-electron chi connectivity index (χ4n) is 4.76. The van der Waals surface area contributed by atoms with Gasteiger partial charge in [-0.2, -0.15) is 0 Å². The highest BCUT2D eigenvalue weighted by atomic mass is 14.7. The van der Waals surface area contributed by atoms with Crippen molar-refractivity contribution >= 4 is 0 Å². The Morgan fingerprint density at radius 1 is 0.600 bits per heavy atom. The summed E-state index contributed by atoms with van der Waals surface area (Å²) in [6.07, 6.45) is 25.0. The van der Waals surface area contributed by atoms with Gasteiger partial charge in [0.2, 0.25) is 0 Å². The highest BCUT2D eigenvalue weighted by Crippen LogP contribution is 2.32. The van der Waals surface area contributed by atoms with Crippen LogP contribution in [0.2, 0.25) is 0 Å². The maximum absolute atomic E-state index is 6.84. The van der Waals surface area contributed by atoms with Gasteiger partial charge in [0.1, 0.15) is 0 Å². The molecule has 0 rings (SSSR count). The van der Waals surface area contributed by atoms with Crippen LogP contribution in [0, 0.1) is 24.2 Å². The predicted octanol–water partition coefficient (Wildman–Crippen LogP) is 8.20. The lowest BCUT2D eigenvalue weighted by molar-refractivity contribution is 0.269. The minimum absolute atomic E-state index is 0.180. The van der Waals surface area contributed by atoms with Crippen molar-refractivity contribution in [2.24, 2.45) is 29.2 Å².